The van der Waals surface area contributed by atoms with Crippen molar-refractivity contribution in [3.8, 4) is 11.3 Å². The highest BCUT2D eigenvalue weighted by molar-refractivity contribution is 5.72. The molecule has 0 aliphatic heterocycles. The van der Waals surface area contributed by atoms with Gasteiger partial charge in [-0.2, -0.15) is 0 Å². The molecule has 0 amide bonds. The van der Waals surface area contributed by atoms with E-state index in [2.05, 4.69) is 37.4 Å². The van der Waals surface area contributed by atoms with Crippen LogP contribution in [0, 0.1) is 0 Å². The Morgan fingerprint density at radius 1 is 1.35 bits per heavy atom. The summed E-state index contributed by atoms with van der Waals surface area (Å²) in [5, 5.41) is 12.3. The average molecular weight is 355 g/mol. The molecule has 1 unspecified atom stereocenters. The second-order valence-electron chi connectivity index (χ2n) is 7.68. The standard InChI is InChI=1S/C21H29N3O2/c1-5-21(4)13-15-9-6-7-10-16(15)18-17(21)19(26)24(14(2)3)20(23-18)22-11-8-12-25/h6-7,9-10,14,25H,5,8,11-13H2,1-4H3,(H,22,23). The number of hydrogen-bond acceptors (Lipinski definition) is 4. The Bertz CT molecular complexity index is 857. The Labute approximate surface area is 155 Å². The molecule has 3 rings (SSSR count). The number of nitrogens with zero attached hydrogens (tertiary/aromatic N) is 2. The smallest absolute Gasteiger partial charge is 0.259 e. The Morgan fingerprint density at radius 3 is 2.73 bits per heavy atom. The van der Waals surface area contributed by atoms with E-state index in [0.717, 1.165) is 29.7 Å². The van der Waals surface area contributed by atoms with Crippen molar-refractivity contribution >= 4 is 5.95 Å². The lowest BCUT2D eigenvalue weighted by Crippen LogP contribution is -2.40. The molecule has 1 aliphatic rings. The fraction of sp³-hybridized carbons (Fsp3) is 0.524. The van der Waals surface area contributed by atoms with E-state index in [0.29, 0.717) is 18.9 Å². The maximum atomic E-state index is 13.5. The van der Waals surface area contributed by atoms with Crippen LogP contribution in [0.4, 0.5) is 5.95 Å². The molecular weight excluding hydrogens is 326 g/mol. The van der Waals surface area contributed by atoms with Crippen molar-refractivity contribution < 1.29 is 5.11 Å². The van der Waals surface area contributed by atoms with E-state index in [1.807, 2.05) is 19.9 Å². The molecule has 1 aliphatic carbocycles. The first kappa shape index (κ1) is 18.6. The molecule has 2 aromatic rings. The molecule has 0 bridgehead atoms. The number of fused-ring (bicyclic) bond motifs is 3. The van der Waals surface area contributed by atoms with Crippen LogP contribution in [0.5, 0.6) is 0 Å². The molecule has 1 atom stereocenters. The molecule has 5 nitrogen and oxygen atoms in total. The van der Waals surface area contributed by atoms with E-state index in [4.69, 9.17) is 10.1 Å². The Hall–Kier alpha value is -2.14. The van der Waals surface area contributed by atoms with Crippen molar-refractivity contribution in [1.82, 2.24) is 9.55 Å². The predicted octanol–water partition coefficient (Wildman–Crippen LogP) is 3.51. The SMILES string of the molecule is CCC1(C)Cc2ccccc2-c2nc(NCCCO)n(C(C)C)c(=O)c21. The van der Waals surface area contributed by atoms with Crippen LogP contribution in [0.15, 0.2) is 29.1 Å². The first-order chi connectivity index (χ1) is 12.4. The third-order valence-electron chi connectivity index (χ3n) is 5.49. The molecule has 0 saturated carbocycles. The molecular formula is C21H29N3O2. The lowest BCUT2D eigenvalue weighted by atomic mass is 9.69. The zero-order chi connectivity index (χ0) is 18.9. The quantitative estimate of drug-likeness (QED) is 0.778. The molecule has 5 heteroatoms. The Kier molecular flexibility index (Phi) is 5.19. The van der Waals surface area contributed by atoms with Crippen molar-refractivity contribution in [3.05, 3.63) is 45.7 Å². The summed E-state index contributed by atoms with van der Waals surface area (Å²) < 4.78 is 1.76. The molecule has 0 fully saturated rings. The second kappa shape index (κ2) is 7.23. The third kappa shape index (κ3) is 3.05. The van der Waals surface area contributed by atoms with E-state index in [9.17, 15) is 4.79 Å². The number of aliphatic hydroxyl groups is 1. The van der Waals surface area contributed by atoms with Crippen LogP contribution in [0.2, 0.25) is 0 Å². The molecule has 1 aromatic carbocycles. The molecule has 0 saturated heterocycles. The van der Waals surface area contributed by atoms with E-state index in [1.54, 1.807) is 4.57 Å². The highest BCUT2D eigenvalue weighted by Gasteiger charge is 2.38. The summed E-state index contributed by atoms with van der Waals surface area (Å²) in [6.07, 6.45) is 2.37. The number of nitrogens with one attached hydrogen (secondary N) is 1. The second-order valence-corrected chi connectivity index (χ2v) is 7.68. The van der Waals surface area contributed by atoms with Gasteiger partial charge in [0.15, 0.2) is 0 Å². The molecule has 140 valence electrons. The highest BCUT2D eigenvalue weighted by atomic mass is 16.3. The zero-order valence-corrected chi connectivity index (χ0v) is 16.2. The number of rotatable bonds is 6. The van der Waals surface area contributed by atoms with Gasteiger partial charge >= 0.3 is 0 Å². The van der Waals surface area contributed by atoms with E-state index < -0.39 is 0 Å². The van der Waals surface area contributed by atoms with Crippen molar-refractivity contribution in [2.45, 2.75) is 58.4 Å². The fourth-order valence-corrected chi connectivity index (χ4v) is 3.87. The third-order valence-corrected chi connectivity index (χ3v) is 5.49. The van der Waals surface area contributed by atoms with Crippen molar-refractivity contribution in [1.29, 1.82) is 0 Å². The van der Waals surface area contributed by atoms with E-state index in [1.165, 1.54) is 5.56 Å². The Balaban J connectivity index is 2.28. The van der Waals surface area contributed by atoms with Crippen LogP contribution in [0.3, 0.4) is 0 Å². The summed E-state index contributed by atoms with van der Waals surface area (Å²) >= 11 is 0. The summed E-state index contributed by atoms with van der Waals surface area (Å²) in [7, 11) is 0. The van der Waals surface area contributed by atoms with Crippen LogP contribution >= 0.6 is 0 Å². The first-order valence-corrected chi connectivity index (χ1v) is 9.53. The number of aliphatic hydroxyl groups excluding tert-OH is 1. The lowest BCUT2D eigenvalue weighted by molar-refractivity contribution is 0.292. The molecule has 2 N–H and O–H groups in total. The van der Waals surface area contributed by atoms with Gasteiger partial charge in [0, 0.05) is 30.2 Å². The summed E-state index contributed by atoms with van der Waals surface area (Å²) in [5.41, 5.74) is 3.79. The monoisotopic (exact) mass is 355 g/mol. The van der Waals surface area contributed by atoms with E-state index in [-0.39, 0.29) is 23.6 Å². The summed E-state index contributed by atoms with van der Waals surface area (Å²) in [4.78, 5) is 18.4. The topological polar surface area (TPSA) is 67.2 Å². The Morgan fingerprint density at radius 2 is 2.08 bits per heavy atom. The minimum absolute atomic E-state index is 0.00945. The van der Waals surface area contributed by atoms with Gasteiger partial charge in [-0.15, -0.1) is 0 Å². The van der Waals surface area contributed by atoms with Crippen LogP contribution in [0.25, 0.3) is 11.3 Å². The van der Waals surface area contributed by atoms with Crippen LogP contribution in [-0.2, 0) is 11.8 Å². The minimum Gasteiger partial charge on any atom is -0.396 e. The van der Waals surface area contributed by atoms with Crippen molar-refractivity contribution in [3.63, 3.8) is 0 Å². The van der Waals surface area contributed by atoms with Gasteiger partial charge in [0.25, 0.3) is 5.56 Å². The van der Waals surface area contributed by atoms with Crippen LogP contribution in [0.1, 0.15) is 57.7 Å². The first-order valence-electron chi connectivity index (χ1n) is 9.53. The number of aromatic nitrogens is 2. The van der Waals surface area contributed by atoms with Gasteiger partial charge in [0.05, 0.1) is 11.3 Å². The molecule has 1 aromatic heterocycles. The van der Waals surface area contributed by atoms with Gasteiger partial charge in [-0.3, -0.25) is 9.36 Å². The number of benzene rings is 1. The van der Waals surface area contributed by atoms with Gasteiger partial charge < -0.3 is 10.4 Å². The van der Waals surface area contributed by atoms with Crippen molar-refractivity contribution in [2.75, 3.05) is 18.5 Å². The maximum absolute atomic E-state index is 13.5. The molecule has 0 radical (unpaired) electrons. The van der Waals surface area contributed by atoms with Gasteiger partial charge in [-0.1, -0.05) is 38.1 Å². The van der Waals surface area contributed by atoms with Gasteiger partial charge in [0.1, 0.15) is 0 Å². The van der Waals surface area contributed by atoms with Gasteiger partial charge in [-0.25, -0.2) is 4.98 Å². The summed E-state index contributed by atoms with van der Waals surface area (Å²) in [5.74, 6) is 0.590. The predicted molar refractivity (Wildman–Crippen MR) is 106 cm³/mol. The van der Waals surface area contributed by atoms with Crippen LogP contribution < -0.4 is 10.9 Å². The molecule has 26 heavy (non-hydrogen) atoms. The fourth-order valence-electron chi connectivity index (χ4n) is 3.87. The number of anilines is 1. The highest BCUT2D eigenvalue weighted by Crippen LogP contribution is 2.42. The van der Waals surface area contributed by atoms with Crippen molar-refractivity contribution in [2.24, 2.45) is 0 Å². The van der Waals surface area contributed by atoms with Crippen LogP contribution in [-0.4, -0.2) is 27.8 Å². The van der Waals surface area contributed by atoms with Gasteiger partial charge in [0.2, 0.25) is 5.95 Å². The maximum Gasteiger partial charge on any atom is 0.259 e. The average Bonchev–Trinajstić information content (AvgIpc) is 2.61. The zero-order valence-electron chi connectivity index (χ0n) is 16.2. The van der Waals surface area contributed by atoms with E-state index >= 15 is 0 Å². The normalized spacial score (nSPS) is 18.5. The lowest BCUT2D eigenvalue weighted by Gasteiger charge is -2.36. The summed E-state index contributed by atoms with van der Waals surface area (Å²) in [6.45, 7) is 9.03. The number of hydrogen-bond donors (Lipinski definition) is 2. The van der Waals surface area contributed by atoms with Gasteiger partial charge in [-0.05, 0) is 38.7 Å². The molecule has 0 spiro atoms. The largest absolute Gasteiger partial charge is 0.396 e. The summed E-state index contributed by atoms with van der Waals surface area (Å²) in [6, 6.07) is 8.27. The molecule has 1 heterocycles. The minimum atomic E-state index is -0.214.